The number of carbonyl (C=O) groups excluding carboxylic acids is 1. The number of carbonyl (C=O) groups is 1. The molecule has 1 unspecified atom stereocenters. The fourth-order valence-electron chi connectivity index (χ4n) is 3.13. The van der Waals surface area contributed by atoms with Gasteiger partial charge in [-0.2, -0.15) is 13.9 Å². The van der Waals surface area contributed by atoms with Gasteiger partial charge in [0.1, 0.15) is 5.75 Å². The van der Waals surface area contributed by atoms with E-state index in [-0.39, 0.29) is 30.2 Å². The maximum atomic E-state index is 12.5. The number of alkyl halides is 2. The summed E-state index contributed by atoms with van der Waals surface area (Å²) in [5.74, 6) is -0.251. The molecule has 2 heterocycles. The quantitative estimate of drug-likeness (QED) is 0.597. The molecule has 1 aromatic heterocycles. The van der Waals surface area contributed by atoms with Crippen LogP contribution in [0.25, 0.3) is 5.69 Å². The molecule has 31 heavy (non-hydrogen) atoms. The number of halogens is 3. The average Bonchev–Trinajstić information content (AvgIpc) is 3.25. The fourth-order valence-corrected chi connectivity index (χ4v) is 3.13. The predicted molar refractivity (Wildman–Crippen MR) is 113 cm³/mol. The molecule has 1 fully saturated rings. The van der Waals surface area contributed by atoms with E-state index in [0.717, 1.165) is 18.7 Å². The van der Waals surface area contributed by atoms with Gasteiger partial charge in [0.15, 0.2) is 0 Å². The van der Waals surface area contributed by atoms with Gasteiger partial charge < -0.3 is 20.1 Å². The van der Waals surface area contributed by atoms with E-state index in [2.05, 4.69) is 20.5 Å². The van der Waals surface area contributed by atoms with Crippen LogP contribution in [-0.4, -0.2) is 42.0 Å². The minimum atomic E-state index is -2.88. The summed E-state index contributed by atoms with van der Waals surface area (Å²) in [6.45, 7) is -0.585. The molecule has 10 heteroatoms. The first kappa shape index (κ1) is 22.7. The highest BCUT2D eigenvalue weighted by molar-refractivity contribution is 6.04. The second kappa shape index (κ2) is 10.3. The molecule has 1 atom stereocenters. The van der Waals surface area contributed by atoms with E-state index in [4.69, 9.17) is 4.74 Å². The first-order chi connectivity index (χ1) is 14.6. The Morgan fingerprint density at radius 3 is 2.58 bits per heavy atom. The van der Waals surface area contributed by atoms with Crippen LogP contribution in [0.5, 0.6) is 5.75 Å². The van der Waals surface area contributed by atoms with Crippen LogP contribution in [0.4, 0.5) is 14.5 Å². The summed E-state index contributed by atoms with van der Waals surface area (Å²) in [7, 11) is 0. The van der Waals surface area contributed by atoms with Crippen LogP contribution < -0.4 is 15.4 Å². The number of rotatable bonds is 6. The third kappa shape index (κ3) is 5.78. The molecule has 2 aromatic carbocycles. The van der Waals surface area contributed by atoms with E-state index in [1.165, 1.54) is 23.0 Å². The summed E-state index contributed by atoms with van der Waals surface area (Å²) in [4.78, 5) is 12.5. The summed E-state index contributed by atoms with van der Waals surface area (Å²) >= 11 is 0. The molecule has 0 radical (unpaired) electrons. The Kier molecular flexibility index (Phi) is 7.56. The molecule has 1 aliphatic heterocycles. The van der Waals surface area contributed by atoms with E-state index in [0.29, 0.717) is 23.5 Å². The summed E-state index contributed by atoms with van der Waals surface area (Å²) < 4.78 is 36.0. The first-order valence-corrected chi connectivity index (χ1v) is 9.42. The van der Waals surface area contributed by atoms with Crippen LogP contribution in [0.15, 0.2) is 60.9 Å². The van der Waals surface area contributed by atoms with Gasteiger partial charge >= 0.3 is 6.61 Å². The molecule has 1 aliphatic rings. The molecule has 4 rings (SSSR count). The SMILES string of the molecule is Cl.O=C(Nc1ccc(C2CNCCO2)cc1)c1cnn(-c2ccc(OC(F)F)cc2)c1. The van der Waals surface area contributed by atoms with Gasteiger partial charge in [-0.05, 0) is 42.0 Å². The Bertz CT molecular complexity index is 991. The fraction of sp³-hybridized carbons (Fsp3) is 0.238. The molecule has 0 saturated carbocycles. The van der Waals surface area contributed by atoms with Crippen molar-refractivity contribution in [2.45, 2.75) is 12.7 Å². The van der Waals surface area contributed by atoms with Crippen LogP contribution in [-0.2, 0) is 4.74 Å². The molecule has 164 valence electrons. The lowest BCUT2D eigenvalue weighted by Gasteiger charge is -2.24. The summed E-state index contributed by atoms with van der Waals surface area (Å²) in [5, 5.41) is 10.3. The second-order valence-corrected chi connectivity index (χ2v) is 6.69. The minimum absolute atomic E-state index is 0. The third-order valence-corrected chi connectivity index (χ3v) is 4.64. The minimum Gasteiger partial charge on any atom is -0.435 e. The standard InChI is InChI=1S/C21H20F2N4O3.ClH/c22-21(23)30-18-7-5-17(6-8-18)27-13-15(11-25-27)20(28)26-16-3-1-14(2-4-16)19-12-24-9-10-29-19;/h1-8,11,13,19,21,24H,9-10,12H2,(H,26,28);1H. The predicted octanol–water partition coefficient (Wildman–Crippen LogP) is 3.81. The van der Waals surface area contributed by atoms with E-state index in [9.17, 15) is 13.6 Å². The number of aromatic nitrogens is 2. The van der Waals surface area contributed by atoms with Gasteiger partial charge in [0, 0.05) is 25.0 Å². The second-order valence-electron chi connectivity index (χ2n) is 6.69. The largest absolute Gasteiger partial charge is 0.435 e. The van der Waals surface area contributed by atoms with Crippen molar-refractivity contribution in [3.05, 3.63) is 72.1 Å². The van der Waals surface area contributed by atoms with Crippen molar-refractivity contribution in [3.8, 4) is 11.4 Å². The highest BCUT2D eigenvalue weighted by atomic mass is 35.5. The molecule has 7 nitrogen and oxygen atoms in total. The Balaban J connectivity index is 0.00000272. The van der Waals surface area contributed by atoms with Gasteiger partial charge in [0.05, 0.1) is 30.2 Å². The maximum absolute atomic E-state index is 12.5. The van der Waals surface area contributed by atoms with Gasteiger partial charge in [0.2, 0.25) is 0 Å². The highest BCUT2D eigenvalue weighted by Crippen LogP contribution is 2.21. The monoisotopic (exact) mass is 450 g/mol. The lowest BCUT2D eigenvalue weighted by atomic mass is 10.1. The van der Waals surface area contributed by atoms with Crippen molar-refractivity contribution in [1.82, 2.24) is 15.1 Å². The summed E-state index contributed by atoms with van der Waals surface area (Å²) in [6.07, 6.45) is 3.02. The number of benzene rings is 2. The number of ether oxygens (including phenoxy) is 2. The van der Waals surface area contributed by atoms with Crippen LogP contribution in [0.1, 0.15) is 22.0 Å². The lowest BCUT2D eigenvalue weighted by molar-refractivity contribution is -0.0498. The average molecular weight is 451 g/mol. The molecule has 1 saturated heterocycles. The molecular formula is C21H21ClF2N4O3. The zero-order chi connectivity index (χ0) is 20.9. The lowest BCUT2D eigenvalue weighted by Crippen LogP contribution is -2.33. The zero-order valence-electron chi connectivity index (χ0n) is 16.3. The van der Waals surface area contributed by atoms with Gasteiger partial charge in [0.25, 0.3) is 5.91 Å². The number of nitrogens with one attached hydrogen (secondary N) is 2. The molecule has 2 N–H and O–H groups in total. The van der Waals surface area contributed by atoms with Crippen LogP contribution >= 0.6 is 12.4 Å². The van der Waals surface area contributed by atoms with Crippen LogP contribution in [0, 0.1) is 0 Å². The summed E-state index contributed by atoms with van der Waals surface area (Å²) in [6, 6.07) is 13.5. The number of amides is 1. The van der Waals surface area contributed by atoms with Gasteiger partial charge in [-0.3, -0.25) is 4.79 Å². The molecule has 0 bridgehead atoms. The van der Waals surface area contributed by atoms with E-state index in [1.807, 2.05) is 24.3 Å². The van der Waals surface area contributed by atoms with Gasteiger partial charge in [-0.15, -0.1) is 12.4 Å². The molecule has 3 aromatic rings. The first-order valence-electron chi connectivity index (χ1n) is 9.42. The third-order valence-electron chi connectivity index (χ3n) is 4.64. The Morgan fingerprint density at radius 2 is 1.94 bits per heavy atom. The van der Waals surface area contributed by atoms with Crippen LogP contribution in [0.3, 0.4) is 0 Å². The maximum Gasteiger partial charge on any atom is 0.387 e. The van der Waals surface area contributed by atoms with Crippen molar-refractivity contribution >= 4 is 24.0 Å². The van der Waals surface area contributed by atoms with Crippen molar-refractivity contribution in [1.29, 1.82) is 0 Å². The Hall–Kier alpha value is -3.01. The topological polar surface area (TPSA) is 77.4 Å². The number of hydrogen-bond acceptors (Lipinski definition) is 5. The van der Waals surface area contributed by atoms with Gasteiger partial charge in [-0.1, -0.05) is 12.1 Å². The van der Waals surface area contributed by atoms with Crippen molar-refractivity contribution < 1.29 is 23.0 Å². The van der Waals surface area contributed by atoms with E-state index < -0.39 is 6.61 Å². The van der Waals surface area contributed by atoms with E-state index in [1.54, 1.807) is 18.3 Å². The molecular weight excluding hydrogens is 430 g/mol. The summed E-state index contributed by atoms with van der Waals surface area (Å²) in [5.41, 5.74) is 2.69. The highest BCUT2D eigenvalue weighted by Gasteiger charge is 2.16. The smallest absolute Gasteiger partial charge is 0.387 e. The Labute approximate surface area is 183 Å². The van der Waals surface area contributed by atoms with Crippen molar-refractivity contribution in [2.24, 2.45) is 0 Å². The molecule has 0 spiro atoms. The number of anilines is 1. The Morgan fingerprint density at radius 1 is 1.19 bits per heavy atom. The molecule has 0 aliphatic carbocycles. The number of nitrogens with zero attached hydrogens (tertiary/aromatic N) is 2. The normalized spacial score (nSPS) is 15.9. The van der Waals surface area contributed by atoms with Crippen molar-refractivity contribution in [3.63, 3.8) is 0 Å². The van der Waals surface area contributed by atoms with Crippen LogP contribution in [0.2, 0.25) is 0 Å². The number of hydrogen-bond donors (Lipinski definition) is 2. The van der Waals surface area contributed by atoms with E-state index >= 15 is 0 Å². The number of morpholine rings is 1. The zero-order valence-corrected chi connectivity index (χ0v) is 17.1. The molecule has 1 amide bonds. The van der Waals surface area contributed by atoms with Gasteiger partial charge in [-0.25, -0.2) is 4.68 Å². The van der Waals surface area contributed by atoms with Crippen molar-refractivity contribution in [2.75, 3.05) is 25.0 Å².